The summed E-state index contributed by atoms with van der Waals surface area (Å²) in [5.74, 6) is -0.919. The van der Waals surface area contributed by atoms with Crippen LogP contribution in [0.5, 0.6) is 0 Å². The van der Waals surface area contributed by atoms with Crippen LogP contribution in [0.1, 0.15) is 64.5 Å². The van der Waals surface area contributed by atoms with Gasteiger partial charge in [-0.2, -0.15) is 0 Å². The first-order valence-corrected chi connectivity index (χ1v) is 12.9. The Morgan fingerprint density at radius 2 is 1.86 bits per heavy atom. The summed E-state index contributed by atoms with van der Waals surface area (Å²) in [7, 11) is 0. The van der Waals surface area contributed by atoms with E-state index in [-0.39, 0.29) is 31.3 Å². The van der Waals surface area contributed by atoms with Crippen molar-refractivity contribution in [2.75, 3.05) is 19.6 Å². The van der Waals surface area contributed by atoms with Crippen LogP contribution in [0, 0.1) is 17.8 Å². The van der Waals surface area contributed by atoms with Gasteiger partial charge in [0.2, 0.25) is 0 Å². The number of carboxylic acid groups (broad SMARTS) is 1. The van der Waals surface area contributed by atoms with Crippen molar-refractivity contribution in [3.63, 3.8) is 0 Å². The van der Waals surface area contributed by atoms with Crippen molar-refractivity contribution in [3.8, 4) is 0 Å². The molecule has 0 spiro atoms. The molecule has 9 nitrogen and oxygen atoms in total. The standard InChI is InChI=1S/C27H38N4O5/c1-17(2)13-30(20-12-19(25(33)34)15-29(16-20)26(35)36-27(3,4)5)24(32)23-28-21-8-6-7-9-22(21)31(23)14-18-10-11-18/h6-9,17-20H,10-16H2,1-5H3,(H,33,34)/t19-,20?/m1/s1. The molecule has 1 N–H and O–H groups in total. The second-order valence-electron chi connectivity index (χ2n) is 11.6. The van der Waals surface area contributed by atoms with Gasteiger partial charge in [-0.1, -0.05) is 26.0 Å². The minimum Gasteiger partial charge on any atom is -0.481 e. The van der Waals surface area contributed by atoms with E-state index in [1.807, 2.05) is 42.7 Å². The van der Waals surface area contributed by atoms with Crippen molar-refractivity contribution in [3.05, 3.63) is 30.1 Å². The van der Waals surface area contributed by atoms with Gasteiger partial charge in [0, 0.05) is 26.2 Å². The zero-order valence-corrected chi connectivity index (χ0v) is 21.9. The number of carboxylic acids is 1. The van der Waals surface area contributed by atoms with E-state index in [0.29, 0.717) is 18.3 Å². The molecule has 1 aromatic carbocycles. The second kappa shape index (κ2) is 10.1. The molecule has 1 unspecified atom stereocenters. The molecule has 1 aliphatic carbocycles. The zero-order valence-electron chi connectivity index (χ0n) is 21.9. The minimum absolute atomic E-state index is 0.0602. The van der Waals surface area contributed by atoms with E-state index in [2.05, 4.69) is 0 Å². The van der Waals surface area contributed by atoms with Crippen LogP contribution < -0.4 is 0 Å². The van der Waals surface area contributed by atoms with E-state index in [4.69, 9.17) is 9.72 Å². The lowest BCUT2D eigenvalue weighted by Crippen LogP contribution is -2.57. The molecule has 2 atom stereocenters. The number of fused-ring (bicyclic) bond motifs is 1. The molecule has 2 fully saturated rings. The van der Waals surface area contributed by atoms with Crippen LogP contribution in [-0.4, -0.2) is 73.7 Å². The smallest absolute Gasteiger partial charge is 0.410 e. The summed E-state index contributed by atoms with van der Waals surface area (Å²) >= 11 is 0. The number of hydrogen-bond acceptors (Lipinski definition) is 5. The fraction of sp³-hybridized carbons (Fsp3) is 0.630. The lowest BCUT2D eigenvalue weighted by Gasteiger charge is -2.42. The summed E-state index contributed by atoms with van der Waals surface area (Å²) in [4.78, 5) is 47.0. The number of para-hydroxylation sites is 2. The molecule has 1 saturated carbocycles. The van der Waals surface area contributed by atoms with Gasteiger partial charge in [0.1, 0.15) is 5.60 Å². The monoisotopic (exact) mass is 498 g/mol. The SMILES string of the molecule is CC(C)CN(C(=O)c1nc2ccccc2n1CC1CC1)C1C[C@@H](C(=O)O)CN(C(=O)OC(C)(C)C)C1. The first-order valence-electron chi connectivity index (χ1n) is 12.9. The Bertz CT molecular complexity index is 1130. The fourth-order valence-corrected chi connectivity index (χ4v) is 4.85. The van der Waals surface area contributed by atoms with E-state index >= 15 is 0 Å². The molecule has 196 valence electrons. The lowest BCUT2D eigenvalue weighted by atomic mass is 9.92. The van der Waals surface area contributed by atoms with Crippen molar-refractivity contribution in [2.24, 2.45) is 17.8 Å². The second-order valence-corrected chi connectivity index (χ2v) is 11.6. The number of aliphatic carboxylic acids is 1. The van der Waals surface area contributed by atoms with E-state index < -0.39 is 29.6 Å². The molecule has 2 aliphatic rings. The molecule has 0 radical (unpaired) electrons. The van der Waals surface area contributed by atoms with Gasteiger partial charge in [-0.25, -0.2) is 9.78 Å². The van der Waals surface area contributed by atoms with Crippen molar-refractivity contribution in [1.82, 2.24) is 19.4 Å². The van der Waals surface area contributed by atoms with Crippen molar-refractivity contribution in [1.29, 1.82) is 0 Å². The molecule has 1 aromatic heterocycles. The Morgan fingerprint density at radius 1 is 1.17 bits per heavy atom. The van der Waals surface area contributed by atoms with Crippen molar-refractivity contribution in [2.45, 2.75) is 72.1 Å². The number of piperidine rings is 1. The number of carbonyl (C=O) groups is 3. The lowest BCUT2D eigenvalue weighted by molar-refractivity contribution is -0.144. The first kappa shape index (κ1) is 26.0. The first-order chi connectivity index (χ1) is 16.9. The van der Waals surface area contributed by atoms with Crippen LogP contribution in [-0.2, 0) is 16.1 Å². The highest BCUT2D eigenvalue weighted by atomic mass is 16.6. The maximum Gasteiger partial charge on any atom is 0.410 e. The predicted octanol–water partition coefficient (Wildman–Crippen LogP) is 4.25. The number of amides is 2. The quantitative estimate of drug-likeness (QED) is 0.612. The van der Waals surface area contributed by atoms with Gasteiger partial charge in [0.05, 0.1) is 23.0 Å². The van der Waals surface area contributed by atoms with Crippen molar-refractivity contribution < 1.29 is 24.2 Å². The normalized spacial score (nSPS) is 20.6. The molecule has 4 rings (SSSR count). The van der Waals surface area contributed by atoms with Crippen LogP contribution in [0.25, 0.3) is 11.0 Å². The van der Waals surface area contributed by atoms with Gasteiger partial charge in [-0.05, 0) is 64.0 Å². The number of imidazole rings is 1. The summed E-state index contributed by atoms with van der Waals surface area (Å²) in [6, 6.07) is 7.29. The van der Waals surface area contributed by atoms with Crippen LogP contribution in [0.2, 0.25) is 0 Å². The Kier molecular flexibility index (Phi) is 7.29. The summed E-state index contributed by atoms with van der Waals surface area (Å²) in [5.41, 5.74) is 0.997. The highest BCUT2D eigenvalue weighted by Gasteiger charge is 2.40. The minimum atomic E-state index is -0.980. The fourth-order valence-electron chi connectivity index (χ4n) is 4.85. The average Bonchev–Trinajstić information content (AvgIpc) is 3.55. The van der Waals surface area contributed by atoms with Gasteiger partial charge in [0.15, 0.2) is 5.82 Å². The van der Waals surface area contributed by atoms with Crippen LogP contribution in [0.3, 0.4) is 0 Å². The Morgan fingerprint density at radius 3 is 2.47 bits per heavy atom. The summed E-state index contributed by atoms with van der Waals surface area (Å²) in [6.07, 6.45) is 2.00. The average molecular weight is 499 g/mol. The molecular formula is C27H38N4O5. The van der Waals surface area contributed by atoms with Crippen LogP contribution in [0.15, 0.2) is 24.3 Å². The predicted molar refractivity (Wildman–Crippen MR) is 136 cm³/mol. The Hall–Kier alpha value is -3.10. The van der Waals surface area contributed by atoms with E-state index in [9.17, 15) is 19.5 Å². The maximum atomic E-state index is 14.1. The molecule has 36 heavy (non-hydrogen) atoms. The third kappa shape index (κ3) is 5.99. The molecule has 2 heterocycles. The van der Waals surface area contributed by atoms with Crippen molar-refractivity contribution >= 4 is 29.0 Å². The summed E-state index contributed by atoms with van der Waals surface area (Å²) < 4.78 is 7.56. The summed E-state index contributed by atoms with van der Waals surface area (Å²) in [6.45, 7) is 10.8. The summed E-state index contributed by atoms with van der Waals surface area (Å²) in [5, 5.41) is 9.85. The number of rotatable bonds is 7. The van der Waals surface area contributed by atoms with E-state index in [1.54, 1.807) is 25.7 Å². The van der Waals surface area contributed by atoms with E-state index in [1.165, 1.54) is 4.90 Å². The highest BCUT2D eigenvalue weighted by Crippen LogP contribution is 2.33. The molecule has 9 heteroatoms. The number of benzene rings is 1. The van der Waals surface area contributed by atoms with Gasteiger partial charge in [0.25, 0.3) is 5.91 Å². The number of likely N-dealkylation sites (tertiary alicyclic amines) is 1. The third-order valence-electron chi connectivity index (χ3n) is 6.68. The van der Waals surface area contributed by atoms with Gasteiger partial charge in [-0.3, -0.25) is 9.59 Å². The van der Waals surface area contributed by atoms with Crippen LogP contribution >= 0.6 is 0 Å². The molecule has 0 bridgehead atoms. The number of hydrogen-bond donors (Lipinski definition) is 1. The Labute approximate surface area is 212 Å². The number of aromatic nitrogens is 2. The highest BCUT2D eigenvalue weighted by molar-refractivity contribution is 5.95. The van der Waals surface area contributed by atoms with Crippen LogP contribution in [0.4, 0.5) is 4.79 Å². The Balaban J connectivity index is 1.68. The number of carbonyl (C=O) groups excluding carboxylic acids is 2. The largest absolute Gasteiger partial charge is 0.481 e. The van der Waals surface area contributed by atoms with Gasteiger partial charge in [-0.15, -0.1) is 0 Å². The third-order valence-corrected chi connectivity index (χ3v) is 6.68. The topological polar surface area (TPSA) is 105 Å². The zero-order chi connectivity index (χ0) is 26.2. The van der Waals surface area contributed by atoms with Gasteiger partial charge < -0.3 is 24.2 Å². The molecule has 2 aromatic rings. The molecule has 1 aliphatic heterocycles. The number of ether oxygens (including phenoxy) is 1. The molecule has 1 saturated heterocycles. The molecular weight excluding hydrogens is 460 g/mol. The van der Waals surface area contributed by atoms with E-state index in [0.717, 1.165) is 30.4 Å². The molecule has 2 amide bonds. The number of nitrogens with zero attached hydrogens (tertiary/aromatic N) is 4. The van der Waals surface area contributed by atoms with Gasteiger partial charge >= 0.3 is 12.1 Å². The maximum absolute atomic E-state index is 14.1.